The molecule has 2 saturated heterocycles. The van der Waals surface area contributed by atoms with Crippen LogP contribution in [0.2, 0.25) is 0 Å². The van der Waals surface area contributed by atoms with Crippen molar-refractivity contribution < 1.29 is 17.9 Å². The maximum absolute atomic E-state index is 12.8. The van der Waals surface area contributed by atoms with Gasteiger partial charge in [-0.3, -0.25) is 0 Å². The number of nitrogens with zero attached hydrogens (tertiary/aromatic N) is 1. The summed E-state index contributed by atoms with van der Waals surface area (Å²) in [6.07, 6.45) is 2.99. The average molecular weight is 353 g/mol. The van der Waals surface area contributed by atoms with Crippen molar-refractivity contribution in [3.8, 4) is 0 Å². The van der Waals surface area contributed by atoms with Crippen LogP contribution in [0.15, 0.2) is 29.2 Å². The first-order valence-electron chi connectivity index (χ1n) is 8.76. The first-order valence-corrected chi connectivity index (χ1v) is 10.2. The van der Waals surface area contributed by atoms with Crippen LogP contribution in [0, 0.1) is 6.92 Å². The number of sulfonamides is 1. The zero-order valence-electron chi connectivity index (χ0n) is 14.7. The van der Waals surface area contributed by atoms with Crippen molar-refractivity contribution >= 4 is 10.0 Å². The molecule has 2 aliphatic rings. The summed E-state index contributed by atoms with van der Waals surface area (Å²) in [4.78, 5) is 0.355. The SMILES string of the molecule is CCC1(CC)COC2(CCN(S(=O)(=O)c3ccc(C)cc3)CC2)O1. The first-order chi connectivity index (χ1) is 11.3. The Morgan fingerprint density at radius 3 is 2.17 bits per heavy atom. The predicted octanol–water partition coefficient (Wildman–Crippen LogP) is 3.08. The van der Waals surface area contributed by atoms with E-state index in [2.05, 4.69) is 13.8 Å². The molecule has 0 bridgehead atoms. The van der Waals surface area contributed by atoms with Crippen LogP contribution < -0.4 is 0 Å². The number of aryl methyl sites for hydroxylation is 1. The van der Waals surface area contributed by atoms with E-state index >= 15 is 0 Å². The fraction of sp³-hybridized carbons (Fsp3) is 0.667. The predicted molar refractivity (Wildman–Crippen MR) is 92.3 cm³/mol. The Hall–Kier alpha value is -0.950. The zero-order valence-corrected chi connectivity index (χ0v) is 15.6. The molecule has 0 N–H and O–H groups in total. The van der Waals surface area contributed by atoms with Crippen LogP contribution in [-0.4, -0.2) is 43.8 Å². The molecule has 1 aromatic carbocycles. The van der Waals surface area contributed by atoms with E-state index in [-0.39, 0.29) is 5.60 Å². The molecule has 134 valence electrons. The molecule has 6 heteroatoms. The third-order valence-corrected chi connectivity index (χ3v) is 7.35. The molecule has 0 saturated carbocycles. The van der Waals surface area contributed by atoms with Crippen LogP contribution in [0.5, 0.6) is 0 Å². The monoisotopic (exact) mass is 353 g/mol. The molecule has 0 radical (unpaired) electrons. The summed E-state index contributed by atoms with van der Waals surface area (Å²) in [5.41, 5.74) is 0.840. The van der Waals surface area contributed by atoms with E-state index in [9.17, 15) is 8.42 Å². The van der Waals surface area contributed by atoms with Crippen molar-refractivity contribution in [1.29, 1.82) is 0 Å². The van der Waals surface area contributed by atoms with Gasteiger partial charge in [-0.05, 0) is 31.9 Å². The summed E-state index contributed by atoms with van der Waals surface area (Å²) >= 11 is 0. The molecule has 3 rings (SSSR count). The molecule has 1 spiro atoms. The van der Waals surface area contributed by atoms with Gasteiger partial charge in [0.25, 0.3) is 0 Å². The van der Waals surface area contributed by atoms with Crippen molar-refractivity contribution in [2.45, 2.75) is 62.7 Å². The number of ether oxygens (including phenoxy) is 2. The average Bonchev–Trinajstić information content (AvgIpc) is 2.95. The van der Waals surface area contributed by atoms with Gasteiger partial charge >= 0.3 is 0 Å². The molecule has 0 amide bonds. The van der Waals surface area contributed by atoms with Gasteiger partial charge in [0, 0.05) is 25.9 Å². The number of hydrogen-bond acceptors (Lipinski definition) is 4. The second kappa shape index (κ2) is 6.41. The third kappa shape index (κ3) is 3.12. The lowest BCUT2D eigenvalue weighted by molar-refractivity contribution is -0.207. The first kappa shape index (κ1) is 17.9. The molecule has 0 aromatic heterocycles. The van der Waals surface area contributed by atoms with Gasteiger partial charge in [-0.25, -0.2) is 8.42 Å². The molecular formula is C18H27NO4S. The second-order valence-electron chi connectivity index (χ2n) is 6.91. The van der Waals surface area contributed by atoms with Gasteiger partial charge in [0.2, 0.25) is 10.0 Å². The summed E-state index contributed by atoms with van der Waals surface area (Å²) in [6, 6.07) is 7.02. The summed E-state index contributed by atoms with van der Waals surface area (Å²) in [5.74, 6) is -0.606. The Morgan fingerprint density at radius 1 is 1.08 bits per heavy atom. The lowest BCUT2D eigenvalue weighted by Gasteiger charge is -2.38. The minimum Gasteiger partial charge on any atom is -0.347 e. The molecule has 0 atom stereocenters. The second-order valence-corrected chi connectivity index (χ2v) is 8.85. The Balaban J connectivity index is 1.70. The summed E-state index contributed by atoms with van der Waals surface area (Å²) in [5, 5.41) is 0. The highest BCUT2D eigenvalue weighted by atomic mass is 32.2. The van der Waals surface area contributed by atoms with Crippen LogP contribution in [0.3, 0.4) is 0 Å². The van der Waals surface area contributed by atoms with Crippen LogP contribution in [0.4, 0.5) is 0 Å². The van der Waals surface area contributed by atoms with Crippen molar-refractivity contribution in [1.82, 2.24) is 4.31 Å². The number of rotatable bonds is 4. The van der Waals surface area contributed by atoms with Crippen LogP contribution in [0.1, 0.15) is 45.1 Å². The van der Waals surface area contributed by atoms with Gasteiger partial charge in [-0.1, -0.05) is 31.5 Å². The van der Waals surface area contributed by atoms with E-state index in [0.717, 1.165) is 18.4 Å². The highest BCUT2D eigenvalue weighted by molar-refractivity contribution is 7.89. The van der Waals surface area contributed by atoms with E-state index in [0.29, 0.717) is 37.4 Å². The maximum atomic E-state index is 12.8. The van der Waals surface area contributed by atoms with Crippen LogP contribution in [0.25, 0.3) is 0 Å². The van der Waals surface area contributed by atoms with E-state index in [1.165, 1.54) is 0 Å². The Bertz CT molecular complexity index is 671. The minimum absolute atomic E-state index is 0.210. The normalized spacial score (nSPS) is 23.6. The van der Waals surface area contributed by atoms with Crippen molar-refractivity contribution in [2.24, 2.45) is 0 Å². The van der Waals surface area contributed by atoms with E-state index in [1.807, 2.05) is 19.1 Å². The zero-order chi connectivity index (χ0) is 17.4. The molecule has 5 nitrogen and oxygen atoms in total. The minimum atomic E-state index is -3.44. The number of benzene rings is 1. The summed E-state index contributed by atoms with van der Waals surface area (Å²) in [7, 11) is -3.44. The largest absolute Gasteiger partial charge is 0.347 e. The van der Waals surface area contributed by atoms with Gasteiger partial charge in [0.15, 0.2) is 5.79 Å². The van der Waals surface area contributed by atoms with Crippen molar-refractivity contribution in [3.63, 3.8) is 0 Å². The Morgan fingerprint density at radius 2 is 1.67 bits per heavy atom. The van der Waals surface area contributed by atoms with E-state index in [4.69, 9.17) is 9.47 Å². The van der Waals surface area contributed by atoms with E-state index in [1.54, 1.807) is 16.4 Å². The summed E-state index contributed by atoms with van der Waals surface area (Å²) in [6.45, 7) is 7.64. The Kier molecular flexibility index (Phi) is 4.77. The maximum Gasteiger partial charge on any atom is 0.243 e. The highest BCUT2D eigenvalue weighted by Gasteiger charge is 2.51. The highest BCUT2D eigenvalue weighted by Crippen LogP contribution is 2.42. The van der Waals surface area contributed by atoms with Crippen LogP contribution in [-0.2, 0) is 19.5 Å². The lowest BCUT2D eigenvalue weighted by Crippen LogP contribution is -2.48. The number of piperidine rings is 1. The quantitative estimate of drug-likeness (QED) is 0.835. The summed E-state index contributed by atoms with van der Waals surface area (Å²) < 4.78 is 39.5. The van der Waals surface area contributed by atoms with Gasteiger partial charge in [-0.2, -0.15) is 4.31 Å². The van der Waals surface area contributed by atoms with Crippen molar-refractivity contribution in [2.75, 3.05) is 19.7 Å². The van der Waals surface area contributed by atoms with Crippen LogP contribution >= 0.6 is 0 Å². The molecule has 0 unspecified atom stereocenters. The number of hydrogen-bond donors (Lipinski definition) is 0. The molecule has 1 aromatic rings. The molecule has 24 heavy (non-hydrogen) atoms. The fourth-order valence-electron chi connectivity index (χ4n) is 3.49. The molecule has 2 aliphatic heterocycles. The van der Waals surface area contributed by atoms with Gasteiger partial charge in [0.1, 0.15) is 0 Å². The smallest absolute Gasteiger partial charge is 0.243 e. The van der Waals surface area contributed by atoms with E-state index < -0.39 is 15.8 Å². The lowest BCUT2D eigenvalue weighted by atomic mass is 9.98. The molecule has 2 heterocycles. The fourth-order valence-corrected chi connectivity index (χ4v) is 4.93. The standard InChI is InChI=1S/C18H27NO4S/c1-4-17(5-2)14-22-18(23-17)10-12-19(13-11-18)24(20,21)16-8-6-15(3)7-9-16/h6-9H,4-5,10-14H2,1-3H3. The Labute approximate surface area is 145 Å². The van der Waals surface area contributed by atoms with Crippen molar-refractivity contribution in [3.05, 3.63) is 29.8 Å². The molecule has 0 aliphatic carbocycles. The third-order valence-electron chi connectivity index (χ3n) is 5.43. The van der Waals surface area contributed by atoms with Gasteiger partial charge in [-0.15, -0.1) is 0 Å². The molecule has 2 fully saturated rings. The molecular weight excluding hydrogens is 326 g/mol. The van der Waals surface area contributed by atoms with Gasteiger partial charge in [0.05, 0.1) is 17.1 Å². The van der Waals surface area contributed by atoms with Gasteiger partial charge < -0.3 is 9.47 Å². The topological polar surface area (TPSA) is 55.8 Å².